The van der Waals surface area contributed by atoms with Crippen molar-refractivity contribution in [2.45, 2.75) is 37.8 Å². The van der Waals surface area contributed by atoms with Gasteiger partial charge in [-0.3, -0.25) is 10.1 Å². The fourth-order valence-corrected chi connectivity index (χ4v) is 4.48. The van der Waals surface area contributed by atoms with Crippen molar-refractivity contribution in [2.75, 3.05) is 69.9 Å². The van der Waals surface area contributed by atoms with E-state index in [1.165, 1.54) is 25.1 Å². The molecule has 10 heteroatoms. The van der Waals surface area contributed by atoms with Crippen molar-refractivity contribution in [1.29, 1.82) is 0 Å². The average molecular weight is 471 g/mol. The first-order chi connectivity index (χ1) is 16.2. The molecule has 2 saturated heterocycles. The molecule has 4 rings (SSSR count). The fraction of sp³-hybridized carbons (Fsp3) is 0.583. The first kappa shape index (κ1) is 25.6. The van der Waals surface area contributed by atoms with Crippen molar-refractivity contribution in [1.82, 2.24) is 19.8 Å². The van der Waals surface area contributed by atoms with E-state index in [2.05, 4.69) is 57.8 Å². The largest absolute Gasteiger partial charge is 0.397 e. The van der Waals surface area contributed by atoms with Gasteiger partial charge in [-0.1, -0.05) is 0 Å². The summed E-state index contributed by atoms with van der Waals surface area (Å²) in [5.74, 6) is 1.88. The summed E-state index contributed by atoms with van der Waals surface area (Å²) in [5.41, 5.74) is 6.40. The summed E-state index contributed by atoms with van der Waals surface area (Å²) >= 11 is 0. The third kappa shape index (κ3) is 7.01. The SMILES string of the molecule is CN(C)C1CCN(c2ccc(N)cn2)CC1.CN(C)C1CCN(c2ccc([N+](=O)[O-])cn2)CC1. The quantitative estimate of drug-likeness (QED) is 0.521. The predicted octanol–water partition coefficient (Wildman–Crippen LogP) is 2.71. The molecular weight excluding hydrogens is 432 g/mol. The smallest absolute Gasteiger partial charge is 0.287 e. The van der Waals surface area contributed by atoms with Crippen molar-refractivity contribution in [3.05, 3.63) is 46.8 Å². The van der Waals surface area contributed by atoms with Crippen LogP contribution in [-0.4, -0.2) is 91.1 Å². The third-order valence-corrected chi connectivity index (χ3v) is 6.75. The lowest BCUT2D eigenvalue weighted by molar-refractivity contribution is -0.385. The molecule has 0 amide bonds. The maximum atomic E-state index is 10.6. The molecule has 2 aromatic rings. The molecule has 2 N–H and O–H groups in total. The Balaban J connectivity index is 0.000000192. The lowest BCUT2D eigenvalue weighted by Gasteiger charge is -2.35. The van der Waals surface area contributed by atoms with E-state index in [9.17, 15) is 10.1 Å². The first-order valence-electron chi connectivity index (χ1n) is 11.9. The van der Waals surface area contributed by atoms with Crippen molar-refractivity contribution in [3.63, 3.8) is 0 Å². The van der Waals surface area contributed by atoms with Crippen LogP contribution in [0.4, 0.5) is 23.0 Å². The molecule has 0 bridgehead atoms. The van der Waals surface area contributed by atoms with E-state index in [1.54, 1.807) is 12.3 Å². The maximum Gasteiger partial charge on any atom is 0.287 e. The minimum absolute atomic E-state index is 0.0435. The van der Waals surface area contributed by atoms with Gasteiger partial charge in [0.25, 0.3) is 5.69 Å². The second kappa shape index (κ2) is 11.9. The topological polar surface area (TPSA) is 108 Å². The lowest BCUT2D eigenvalue weighted by atomic mass is 10.0. The van der Waals surface area contributed by atoms with Gasteiger partial charge in [0, 0.05) is 44.3 Å². The number of pyridine rings is 2. The Kier molecular flexibility index (Phi) is 9.00. The van der Waals surface area contributed by atoms with Crippen LogP contribution >= 0.6 is 0 Å². The Hall–Kier alpha value is -2.98. The van der Waals surface area contributed by atoms with Crippen LogP contribution in [0, 0.1) is 10.1 Å². The summed E-state index contributed by atoms with van der Waals surface area (Å²) in [6, 6.07) is 8.50. The van der Waals surface area contributed by atoms with E-state index in [0.29, 0.717) is 12.1 Å². The fourth-order valence-electron chi connectivity index (χ4n) is 4.48. The molecule has 4 heterocycles. The van der Waals surface area contributed by atoms with Gasteiger partial charge in [0.1, 0.15) is 17.8 Å². The van der Waals surface area contributed by atoms with Gasteiger partial charge in [0.15, 0.2) is 0 Å². The number of nitrogens with two attached hydrogens (primary N) is 1. The van der Waals surface area contributed by atoms with Crippen molar-refractivity contribution in [2.24, 2.45) is 0 Å². The van der Waals surface area contributed by atoms with Crippen LogP contribution in [-0.2, 0) is 0 Å². The van der Waals surface area contributed by atoms with Crippen LogP contribution in [0.5, 0.6) is 0 Å². The zero-order valence-corrected chi connectivity index (χ0v) is 20.8. The first-order valence-corrected chi connectivity index (χ1v) is 11.9. The molecule has 10 nitrogen and oxygen atoms in total. The van der Waals surface area contributed by atoms with Crippen LogP contribution < -0.4 is 15.5 Å². The average Bonchev–Trinajstić information content (AvgIpc) is 2.85. The number of aromatic nitrogens is 2. The highest BCUT2D eigenvalue weighted by molar-refractivity contribution is 5.46. The lowest BCUT2D eigenvalue weighted by Crippen LogP contribution is -2.42. The normalized spacial score (nSPS) is 17.6. The molecule has 0 atom stereocenters. The molecule has 0 unspecified atom stereocenters. The highest BCUT2D eigenvalue weighted by Crippen LogP contribution is 2.22. The summed E-state index contributed by atoms with van der Waals surface area (Å²) in [5, 5.41) is 10.6. The summed E-state index contributed by atoms with van der Waals surface area (Å²) in [7, 11) is 8.51. The third-order valence-electron chi connectivity index (χ3n) is 6.75. The summed E-state index contributed by atoms with van der Waals surface area (Å²) in [4.78, 5) is 27.7. The van der Waals surface area contributed by atoms with Crippen LogP contribution in [0.15, 0.2) is 36.7 Å². The molecule has 0 aliphatic carbocycles. The molecule has 2 aromatic heterocycles. The van der Waals surface area contributed by atoms with E-state index in [1.807, 2.05) is 12.1 Å². The Morgan fingerprint density at radius 1 is 0.824 bits per heavy atom. The summed E-state index contributed by atoms with van der Waals surface area (Å²) < 4.78 is 0. The van der Waals surface area contributed by atoms with Gasteiger partial charge in [-0.2, -0.15) is 0 Å². The second-order valence-corrected chi connectivity index (χ2v) is 9.45. The molecule has 34 heavy (non-hydrogen) atoms. The number of piperidine rings is 2. The highest BCUT2D eigenvalue weighted by Gasteiger charge is 2.22. The Bertz CT molecular complexity index is 888. The van der Waals surface area contributed by atoms with Crippen molar-refractivity contribution >= 4 is 23.0 Å². The van der Waals surface area contributed by atoms with E-state index in [4.69, 9.17) is 5.73 Å². The van der Waals surface area contributed by atoms with Crippen LogP contribution in [0.25, 0.3) is 0 Å². The highest BCUT2D eigenvalue weighted by atomic mass is 16.6. The predicted molar refractivity (Wildman–Crippen MR) is 137 cm³/mol. The Morgan fingerprint density at radius 3 is 1.59 bits per heavy atom. The van der Waals surface area contributed by atoms with E-state index < -0.39 is 4.92 Å². The van der Waals surface area contributed by atoms with Gasteiger partial charge in [-0.15, -0.1) is 0 Å². The molecule has 0 radical (unpaired) electrons. The Morgan fingerprint density at radius 2 is 1.26 bits per heavy atom. The minimum atomic E-state index is -0.422. The van der Waals surface area contributed by atoms with Gasteiger partial charge in [-0.25, -0.2) is 9.97 Å². The number of nitrogen functional groups attached to an aromatic ring is 1. The number of anilines is 3. The molecule has 2 aliphatic rings. The number of nitro groups is 1. The van der Waals surface area contributed by atoms with Gasteiger partial charge in [-0.05, 0) is 72.1 Å². The summed E-state index contributed by atoms with van der Waals surface area (Å²) in [6.07, 6.45) is 7.68. The number of hydrogen-bond acceptors (Lipinski definition) is 9. The van der Waals surface area contributed by atoms with Gasteiger partial charge < -0.3 is 25.3 Å². The maximum absolute atomic E-state index is 10.6. The molecule has 186 valence electrons. The van der Waals surface area contributed by atoms with Crippen molar-refractivity contribution < 1.29 is 4.92 Å². The van der Waals surface area contributed by atoms with Crippen LogP contribution in [0.2, 0.25) is 0 Å². The zero-order chi connectivity index (χ0) is 24.7. The standard InChI is InChI=1S/C12H18N4O2.C12H20N4/c1-14(2)10-5-7-15(8-6-10)12-4-3-11(9-13-12)16(17)18;1-15(2)11-5-7-16(8-6-11)12-4-3-10(13)9-14-12/h3-4,9-10H,5-8H2,1-2H3;3-4,9,11H,5-8,13H2,1-2H3. The molecule has 0 spiro atoms. The van der Waals surface area contributed by atoms with Crippen LogP contribution in [0.1, 0.15) is 25.7 Å². The van der Waals surface area contributed by atoms with Gasteiger partial charge >= 0.3 is 0 Å². The molecule has 0 saturated carbocycles. The molecular formula is C24H38N8O2. The van der Waals surface area contributed by atoms with Crippen molar-refractivity contribution in [3.8, 4) is 0 Å². The number of rotatable bonds is 5. The monoisotopic (exact) mass is 470 g/mol. The van der Waals surface area contributed by atoms with Gasteiger partial charge in [0.2, 0.25) is 0 Å². The molecule has 2 fully saturated rings. The number of nitrogens with zero attached hydrogens (tertiary/aromatic N) is 7. The summed E-state index contributed by atoms with van der Waals surface area (Å²) in [6.45, 7) is 4.07. The van der Waals surface area contributed by atoms with E-state index in [0.717, 1.165) is 56.3 Å². The van der Waals surface area contributed by atoms with Crippen LogP contribution in [0.3, 0.4) is 0 Å². The number of hydrogen-bond donors (Lipinski definition) is 1. The van der Waals surface area contributed by atoms with E-state index >= 15 is 0 Å². The molecule has 2 aliphatic heterocycles. The minimum Gasteiger partial charge on any atom is -0.397 e. The van der Waals surface area contributed by atoms with E-state index in [-0.39, 0.29) is 5.69 Å². The second-order valence-electron chi connectivity index (χ2n) is 9.45. The Labute approximate surface area is 202 Å². The zero-order valence-electron chi connectivity index (χ0n) is 20.8. The molecule has 0 aromatic carbocycles. The van der Waals surface area contributed by atoms with Gasteiger partial charge in [0.05, 0.1) is 16.8 Å².